The van der Waals surface area contributed by atoms with E-state index in [0.29, 0.717) is 11.8 Å². The monoisotopic (exact) mass is 304 g/mol. The lowest BCUT2D eigenvalue weighted by atomic mass is 9.86. The third-order valence-electron chi connectivity index (χ3n) is 4.49. The maximum atomic E-state index is 10.9. The van der Waals surface area contributed by atoms with Gasteiger partial charge in [0, 0.05) is 0 Å². The molecule has 2 rings (SSSR count). The smallest absolute Gasteiger partial charge is 0.405 e. The molecule has 1 aliphatic heterocycles. The summed E-state index contributed by atoms with van der Waals surface area (Å²) in [6, 6.07) is 8.93. The molecule has 1 fully saturated rings. The Labute approximate surface area is 133 Å². The quantitative estimate of drug-likeness (QED) is 0.874. The lowest BCUT2D eigenvalue weighted by molar-refractivity contribution is 0.0349. The molecule has 122 valence electrons. The van der Waals surface area contributed by atoms with E-state index in [4.69, 9.17) is 10.5 Å². The van der Waals surface area contributed by atoms with Gasteiger partial charge in [-0.15, -0.1) is 0 Å². The highest BCUT2D eigenvalue weighted by Gasteiger charge is 2.25. The fraction of sp³-hybridized carbons (Fsp3) is 0.611. The van der Waals surface area contributed by atoms with Crippen molar-refractivity contribution in [2.75, 3.05) is 13.1 Å². The van der Waals surface area contributed by atoms with Gasteiger partial charge in [0.25, 0.3) is 0 Å². The van der Waals surface area contributed by atoms with Crippen LogP contribution in [0.1, 0.15) is 63.0 Å². The third-order valence-corrected chi connectivity index (χ3v) is 4.49. The van der Waals surface area contributed by atoms with Gasteiger partial charge in [0.2, 0.25) is 0 Å². The molecule has 3 N–H and O–H groups in total. The Kier molecular flexibility index (Phi) is 5.46. The van der Waals surface area contributed by atoms with Crippen molar-refractivity contribution in [3.8, 4) is 0 Å². The second-order valence-corrected chi connectivity index (χ2v) is 6.98. The van der Waals surface area contributed by atoms with Crippen LogP contribution in [0.4, 0.5) is 4.79 Å². The Morgan fingerprint density at radius 2 is 1.91 bits per heavy atom. The lowest BCUT2D eigenvalue weighted by Gasteiger charge is -2.28. The van der Waals surface area contributed by atoms with Gasteiger partial charge in [0.15, 0.2) is 0 Å². The number of ether oxygens (including phenoxy) is 1. The van der Waals surface area contributed by atoms with Gasteiger partial charge in [-0.3, -0.25) is 0 Å². The van der Waals surface area contributed by atoms with E-state index in [2.05, 4.69) is 36.5 Å². The van der Waals surface area contributed by atoms with Crippen molar-refractivity contribution in [2.45, 2.75) is 57.5 Å². The number of nitrogens with two attached hydrogens (primary N) is 1. The Hall–Kier alpha value is -1.55. The molecule has 1 atom stereocenters. The SMILES string of the molecule is CC(CC(C)(C)OC(N)=O)c1ccc(C2CCNCC2)cc1. The first-order valence-corrected chi connectivity index (χ1v) is 8.16. The molecule has 0 radical (unpaired) electrons. The fourth-order valence-electron chi connectivity index (χ4n) is 3.42. The van der Waals surface area contributed by atoms with Gasteiger partial charge in [-0.2, -0.15) is 0 Å². The van der Waals surface area contributed by atoms with E-state index in [-0.39, 0.29) is 0 Å². The molecular formula is C18H28N2O2. The van der Waals surface area contributed by atoms with Crippen LogP contribution in [0.2, 0.25) is 0 Å². The normalized spacial score (nSPS) is 18.0. The van der Waals surface area contributed by atoms with E-state index in [9.17, 15) is 4.79 Å². The Bertz CT molecular complexity index is 490. The van der Waals surface area contributed by atoms with Gasteiger partial charge in [0.05, 0.1) is 0 Å². The van der Waals surface area contributed by atoms with Crippen molar-refractivity contribution in [1.29, 1.82) is 0 Å². The maximum absolute atomic E-state index is 10.9. The summed E-state index contributed by atoms with van der Waals surface area (Å²) in [5, 5.41) is 3.40. The Balaban J connectivity index is 1.98. The number of amides is 1. The van der Waals surface area contributed by atoms with E-state index in [0.717, 1.165) is 19.5 Å². The van der Waals surface area contributed by atoms with E-state index in [1.165, 1.54) is 24.0 Å². The number of benzene rings is 1. The van der Waals surface area contributed by atoms with Crippen LogP contribution in [0.3, 0.4) is 0 Å². The molecule has 1 aromatic carbocycles. The van der Waals surface area contributed by atoms with Crippen LogP contribution in [-0.2, 0) is 4.74 Å². The van der Waals surface area contributed by atoms with Gasteiger partial charge < -0.3 is 15.8 Å². The number of carbonyl (C=O) groups excluding carboxylic acids is 1. The van der Waals surface area contributed by atoms with E-state index < -0.39 is 11.7 Å². The largest absolute Gasteiger partial charge is 0.444 e. The van der Waals surface area contributed by atoms with Crippen LogP contribution in [-0.4, -0.2) is 24.8 Å². The Morgan fingerprint density at radius 1 is 1.32 bits per heavy atom. The molecule has 0 saturated carbocycles. The van der Waals surface area contributed by atoms with Crippen LogP contribution in [0.5, 0.6) is 0 Å². The average Bonchev–Trinajstić information content (AvgIpc) is 2.46. The fourth-order valence-corrected chi connectivity index (χ4v) is 3.42. The minimum absolute atomic E-state index is 0.316. The first-order chi connectivity index (χ1) is 10.4. The maximum Gasteiger partial charge on any atom is 0.405 e. The molecular weight excluding hydrogens is 276 g/mol. The van der Waals surface area contributed by atoms with Crippen molar-refractivity contribution in [3.63, 3.8) is 0 Å². The molecule has 4 heteroatoms. The minimum atomic E-state index is -0.710. The highest BCUT2D eigenvalue weighted by Crippen LogP contribution is 2.30. The molecule has 0 spiro atoms. The molecule has 0 aliphatic carbocycles. The number of hydrogen-bond acceptors (Lipinski definition) is 3. The first kappa shape index (κ1) is 16.8. The van der Waals surface area contributed by atoms with Gasteiger partial charge in [-0.25, -0.2) is 4.79 Å². The second kappa shape index (κ2) is 7.14. The second-order valence-electron chi connectivity index (χ2n) is 6.98. The minimum Gasteiger partial charge on any atom is -0.444 e. The zero-order valence-electron chi connectivity index (χ0n) is 13.9. The summed E-state index contributed by atoms with van der Waals surface area (Å²) in [4.78, 5) is 10.9. The topological polar surface area (TPSA) is 64.3 Å². The summed E-state index contributed by atoms with van der Waals surface area (Å²) in [6.45, 7) is 8.18. The van der Waals surface area contributed by atoms with Crippen LogP contribution >= 0.6 is 0 Å². The molecule has 1 unspecified atom stereocenters. The van der Waals surface area contributed by atoms with E-state index in [1.54, 1.807) is 0 Å². The summed E-state index contributed by atoms with van der Waals surface area (Å²) in [5.74, 6) is 0.997. The molecule has 1 heterocycles. The average molecular weight is 304 g/mol. The van der Waals surface area contributed by atoms with Crippen LogP contribution in [0.25, 0.3) is 0 Å². The Morgan fingerprint density at radius 3 is 2.45 bits per heavy atom. The molecule has 1 aliphatic rings. The van der Waals surface area contributed by atoms with Crippen molar-refractivity contribution < 1.29 is 9.53 Å². The number of carbonyl (C=O) groups is 1. The lowest BCUT2D eigenvalue weighted by Crippen LogP contribution is -2.32. The molecule has 0 aromatic heterocycles. The van der Waals surface area contributed by atoms with Gasteiger partial charge in [-0.05, 0) is 69.2 Å². The molecule has 1 amide bonds. The predicted molar refractivity (Wildman–Crippen MR) is 89.1 cm³/mol. The van der Waals surface area contributed by atoms with Crippen molar-refractivity contribution in [1.82, 2.24) is 5.32 Å². The zero-order valence-corrected chi connectivity index (χ0v) is 13.9. The number of rotatable bonds is 5. The van der Waals surface area contributed by atoms with Crippen molar-refractivity contribution in [3.05, 3.63) is 35.4 Å². The van der Waals surface area contributed by atoms with Crippen LogP contribution < -0.4 is 11.1 Å². The highest BCUT2D eigenvalue weighted by molar-refractivity contribution is 5.65. The number of nitrogens with one attached hydrogen (secondary N) is 1. The summed E-state index contributed by atoms with van der Waals surface area (Å²) in [5.41, 5.74) is 7.30. The molecule has 1 saturated heterocycles. The number of piperidine rings is 1. The van der Waals surface area contributed by atoms with Gasteiger partial charge in [0.1, 0.15) is 5.60 Å². The van der Waals surface area contributed by atoms with E-state index in [1.807, 2.05) is 13.8 Å². The first-order valence-electron chi connectivity index (χ1n) is 8.16. The van der Waals surface area contributed by atoms with Gasteiger partial charge >= 0.3 is 6.09 Å². The third kappa shape index (κ3) is 4.73. The highest BCUT2D eigenvalue weighted by atomic mass is 16.6. The molecule has 0 bridgehead atoms. The van der Waals surface area contributed by atoms with Crippen molar-refractivity contribution in [2.24, 2.45) is 5.73 Å². The van der Waals surface area contributed by atoms with E-state index >= 15 is 0 Å². The van der Waals surface area contributed by atoms with Crippen molar-refractivity contribution >= 4 is 6.09 Å². The summed E-state index contributed by atoms with van der Waals surface area (Å²) >= 11 is 0. The molecule has 4 nitrogen and oxygen atoms in total. The summed E-state index contributed by atoms with van der Waals surface area (Å²) in [7, 11) is 0. The zero-order chi connectivity index (χ0) is 16.2. The summed E-state index contributed by atoms with van der Waals surface area (Å²) in [6.07, 6.45) is 2.48. The number of hydrogen-bond donors (Lipinski definition) is 2. The summed E-state index contributed by atoms with van der Waals surface area (Å²) < 4.78 is 5.18. The standard InChI is InChI=1S/C18H28N2O2/c1-13(12-18(2,3)22-17(19)21)14-4-6-15(7-5-14)16-8-10-20-11-9-16/h4-7,13,16,20H,8-12H2,1-3H3,(H2,19,21). The molecule has 1 aromatic rings. The number of primary amides is 1. The van der Waals surface area contributed by atoms with Gasteiger partial charge in [-0.1, -0.05) is 31.2 Å². The predicted octanol–water partition coefficient (Wildman–Crippen LogP) is 3.52. The van der Waals surface area contributed by atoms with Crippen LogP contribution in [0, 0.1) is 0 Å². The van der Waals surface area contributed by atoms with Crippen LogP contribution in [0.15, 0.2) is 24.3 Å². The molecule has 22 heavy (non-hydrogen) atoms.